The van der Waals surface area contributed by atoms with Crippen molar-refractivity contribution in [3.05, 3.63) is 41.6 Å². The Hall–Kier alpha value is -1.92. The van der Waals surface area contributed by atoms with Gasteiger partial charge in [-0.1, -0.05) is 18.2 Å². The molecule has 3 heteroatoms. The van der Waals surface area contributed by atoms with Crippen LogP contribution in [0.3, 0.4) is 0 Å². The van der Waals surface area contributed by atoms with Crippen molar-refractivity contribution in [3.63, 3.8) is 0 Å². The molecule has 2 heterocycles. The molecule has 1 fully saturated rings. The number of nitriles is 1. The Bertz CT molecular complexity index is 642. The predicted octanol–water partition coefficient (Wildman–Crippen LogP) is 3.03. The zero-order valence-electron chi connectivity index (χ0n) is 11.1. The summed E-state index contributed by atoms with van der Waals surface area (Å²) in [6, 6.07) is 12.9. The quantitative estimate of drug-likeness (QED) is 0.823. The minimum atomic E-state index is 0.0761. The van der Waals surface area contributed by atoms with Gasteiger partial charge in [-0.25, -0.2) is 0 Å². The summed E-state index contributed by atoms with van der Waals surface area (Å²) >= 11 is 0. The Morgan fingerprint density at radius 1 is 1.42 bits per heavy atom. The molecule has 1 aliphatic rings. The lowest BCUT2D eigenvalue weighted by Gasteiger charge is -2.20. The molecule has 1 aliphatic heterocycles. The smallest absolute Gasteiger partial charge is 0.0981 e. The Balaban J connectivity index is 1.98. The molecule has 1 aromatic heterocycles. The third-order valence-electron chi connectivity index (χ3n) is 3.82. The van der Waals surface area contributed by atoms with Crippen molar-refractivity contribution in [3.8, 4) is 6.07 Å². The van der Waals surface area contributed by atoms with Gasteiger partial charge in [0.05, 0.1) is 17.6 Å². The van der Waals surface area contributed by atoms with Crippen molar-refractivity contribution in [2.24, 2.45) is 0 Å². The van der Waals surface area contributed by atoms with Crippen LogP contribution in [-0.2, 0) is 6.54 Å². The number of rotatable bonds is 2. The Morgan fingerprint density at radius 3 is 3.11 bits per heavy atom. The summed E-state index contributed by atoms with van der Waals surface area (Å²) in [5, 5.41) is 10.4. The van der Waals surface area contributed by atoms with E-state index in [9.17, 15) is 5.26 Å². The molecule has 0 radical (unpaired) electrons. The van der Waals surface area contributed by atoms with Crippen LogP contribution < -0.4 is 0 Å². The Labute approximate surface area is 113 Å². The van der Waals surface area contributed by atoms with Gasteiger partial charge in [-0.2, -0.15) is 5.26 Å². The molecular formula is C16H17N3. The van der Waals surface area contributed by atoms with Gasteiger partial charge in [-0.3, -0.25) is 9.88 Å². The molecule has 0 N–H and O–H groups in total. The van der Waals surface area contributed by atoms with Gasteiger partial charge < -0.3 is 0 Å². The molecule has 3 rings (SSSR count). The third kappa shape index (κ3) is 2.32. The van der Waals surface area contributed by atoms with Crippen LogP contribution in [0.25, 0.3) is 10.9 Å². The second kappa shape index (κ2) is 4.99. The third-order valence-corrected chi connectivity index (χ3v) is 3.82. The molecule has 0 bridgehead atoms. The number of benzene rings is 1. The number of hydrogen-bond acceptors (Lipinski definition) is 3. The van der Waals surface area contributed by atoms with Gasteiger partial charge >= 0.3 is 0 Å². The summed E-state index contributed by atoms with van der Waals surface area (Å²) in [6.45, 7) is 3.90. The normalized spacial score (nSPS) is 19.7. The highest BCUT2D eigenvalue weighted by molar-refractivity contribution is 5.82. The number of nitrogens with zero attached hydrogens (tertiary/aromatic N) is 3. The Morgan fingerprint density at radius 2 is 2.26 bits per heavy atom. The van der Waals surface area contributed by atoms with E-state index in [0.717, 1.165) is 37.1 Å². The summed E-state index contributed by atoms with van der Waals surface area (Å²) in [7, 11) is 0. The first-order chi connectivity index (χ1) is 9.28. The molecule has 19 heavy (non-hydrogen) atoms. The van der Waals surface area contributed by atoms with Gasteiger partial charge in [0, 0.05) is 17.6 Å². The fourth-order valence-electron chi connectivity index (χ4n) is 2.91. The van der Waals surface area contributed by atoms with Crippen molar-refractivity contribution in [1.29, 1.82) is 5.26 Å². The highest BCUT2D eigenvalue weighted by Crippen LogP contribution is 2.24. The zero-order chi connectivity index (χ0) is 13.2. The molecule has 2 aromatic rings. The van der Waals surface area contributed by atoms with Crippen LogP contribution >= 0.6 is 0 Å². The maximum Gasteiger partial charge on any atom is 0.0981 e. The first-order valence-electron chi connectivity index (χ1n) is 6.77. The van der Waals surface area contributed by atoms with E-state index >= 15 is 0 Å². The number of para-hydroxylation sites is 1. The molecule has 1 unspecified atom stereocenters. The van der Waals surface area contributed by atoms with Gasteiger partial charge in [0.15, 0.2) is 0 Å². The molecule has 96 valence electrons. The number of fused-ring (bicyclic) bond motifs is 1. The number of aryl methyl sites for hydroxylation is 1. The van der Waals surface area contributed by atoms with E-state index in [1.54, 1.807) is 0 Å². The van der Waals surface area contributed by atoms with Crippen molar-refractivity contribution in [2.75, 3.05) is 6.54 Å². The molecule has 0 aliphatic carbocycles. The van der Waals surface area contributed by atoms with Crippen LogP contribution in [0.2, 0.25) is 0 Å². The predicted molar refractivity (Wildman–Crippen MR) is 75.5 cm³/mol. The molecule has 1 aromatic carbocycles. The fourth-order valence-corrected chi connectivity index (χ4v) is 2.91. The van der Waals surface area contributed by atoms with Crippen LogP contribution in [0.15, 0.2) is 30.3 Å². The molecular weight excluding hydrogens is 234 g/mol. The molecule has 0 amide bonds. The van der Waals surface area contributed by atoms with Gasteiger partial charge in [0.1, 0.15) is 0 Å². The van der Waals surface area contributed by atoms with E-state index in [2.05, 4.69) is 40.2 Å². The standard InChI is InChI=1S/C16H17N3/c1-12-9-13(11-19-8-4-5-14(19)10-17)15-6-2-3-7-16(15)18-12/h2-3,6-7,9,14H,4-5,8,11H2,1H3. The van der Waals surface area contributed by atoms with E-state index in [1.165, 1.54) is 10.9 Å². The van der Waals surface area contributed by atoms with Crippen LogP contribution in [0, 0.1) is 18.3 Å². The monoisotopic (exact) mass is 251 g/mol. The summed E-state index contributed by atoms with van der Waals surface area (Å²) in [5.41, 5.74) is 3.37. The topological polar surface area (TPSA) is 39.9 Å². The van der Waals surface area contributed by atoms with Gasteiger partial charge in [0.25, 0.3) is 0 Å². The minimum absolute atomic E-state index is 0.0761. The van der Waals surface area contributed by atoms with E-state index < -0.39 is 0 Å². The van der Waals surface area contributed by atoms with Gasteiger partial charge in [-0.05, 0) is 44.0 Å². The lowest BCUT2D eigenvalue weighted by molar-refractivity contribution is 0.287. The lowest BCUT2D eigenvalue weighted by atomic mass is 10.1. The van der Waals surface area contributed by atoms with E-state index in [0.29, 0.717) is 0 Å². The summed E-state index contributed by atoms with van der Waals surface area (Å²) in [5.74, 6) is 0. The average molecular weight is 251 g/mol. The second-order valence-electron chi connectivity index (χ2n) is 5.20. The van der Waals surface area contributed by atoms with Crippen molar-refractivity contribution < 1.29 is 0 Å². The minimum Gasteiger partial charge on any atom is -0.284 e. The number of pyridine rings is 1. The van der Waals surface area contributed by atoms with E-state index in [-0.39, 0.29) is 6.04 Å². The number of aromatic nitrogens is 1. The van der Waals surface area contributed by atoms with Crippen LogP contribution in [0.4, 0.5) is 0 Å². The summed E-state index contributed by atoms with van der Waals surface area (Å²) in [4.78, 5) is 6.85. The van der Waals surface area contributed by atoms with E-state index in [1.807, 2.05) is 13.0 Å². The maximum atomic E-state index is 9.18. The zero-order valence-corrected chi connectivity index (χ0v) is 11.1. The molecule has 1 saturated heterocycles. The lowest BCUT2D eigenvalue weighted by Crippen LogP contribution is -2.27. The van der Waals surface area contributed by atoms with Crippen LogP contribution in [-0.4, -0.2) is 22.5 Å². The fraction of sp³-hybridized carbons (Fsp3) is 0.375. The van der Waals surface area contributed by atoms with Crippen LogP contribution in [0.1, 0.15) is 24.1 Å². The Kier molecular flexibility index (Phi) is 3.18. The molecule has 3 nitrogen and oxygen atoms in total. The first-order valence-corrected chi connectivity index (χ1v) is 6.77. The van der Waals surface area contributed by atoms with E-state index in [4.69, 9.17) is 0 Å². The molecule has 0 saturated carbocycles. The highest BCUT2D eigenvalue weighted by atomic mass is 15.2. The maximum absolute atomic E-state index is 9.18. The van der Waals surface area contributed by atoms with Gasteiger partial charge in [0.2, 0.25) is 0 Å². The second-order valence-corrected chi connectivity index (χ2v) is 5.20. The van der Waals surface area contributed by atoms with Crippen molar-refractivity contribution in [2.45, 2.75) is 32.4 Å². The molecule has 1 atom stereocenters. The average Bonchev–Trinajstić information content (AvgIpc) is 2.86. The SMILES string of the molecule is Cc1cc(CN2CCCC2C#N)c2ccccc2n1. The summed E-state index contributed by atoms with van der Waals surface area (Å²) in [6.07, 6.45) is 2.12. The number of likely N-dealkylation sites (tertiary alicyclic amines) is 1. The van der Waals surface area contributed by atoms with Gasteiger partial charge in [-0.15, -0.1) is 0 Å². The largest absolute Gasteiger partial charge is 0.284 e. The highest BCUT2D eigenvalue weighted by Gasteiger charge is 2.24. The van der Waals surface area contributed by atoms with Crippen molar-refractivity contribution in [1.82, 2.24) is 9.88 Å². The van der Waals surface area contributed by atoms with Crippen LogP contribution in [0.5, 0.6) is 0 Å². The number of hydrogen-bond donors (Lipinski definition) is 0. The van der Waals surface area contributed by atoms with Crippen molar-refractivity contribution >= 4 is 10.9 Å². The first kappa shape index (κ1) is 12.1. The summed E-state index contributed by atoms with van der Waals surface area (Å²) < 4.78 is 0. The molecule has 0 spiro atoms.